The quantitative estimate of drug-likeness (QED) is 0.909. The summed E-state index contributed by atoms with van der Waals surface area (Å²) >= 11 is 12.1. The molecular weight excluding hydrogens is 271 g/mol. The minimum absolute atomic E-state index is 0.0959. The lowest BCUT2D eigenvalue weighted by Crippen LogP contribution is -2.47. The molecule has 3 nitrogen and oxygen atoms in total. The number of benzene rings is 1. The van der Waals surface area contributed by atoms with Crippen molar-refractivity contribution in [2.45, 2.75) is 25.3 Å². The summed E-state index contributed by atoms with van der Waals surface area (Å²) in [5.74, 6) is -0.110. The number of hydrogen-bond acceptors (Lipinski definition) is 2. The van der Waals surface area contributed by atoms with Gasteiger partial charge in [0.25, 0.3) is 5.91 Å². The Labute approximate surface area is 117 Å². The lowest BCUT2D eigenvalue weighted by atomic mass is 10.0. The van der Waals surface area contributed by atoms with Crippen LogP contribution in [0.15, 0.2) is 18.2 Å². The van der Waals surface area contributed by atoms with E-state index in [0.29, 0.717) is 22.2 Å². The number of nitrogens with two attached hydrogens (primary N) is 1. The molecule has 0 spiro atoms. The first kappa shape index (κ1) is 13.7. The third-order valence-electron chi connectivity index (χ3n) is 3.34. The van der Waals surface area contributed by atoms with Gasteiger partial charge in [0.05, 0.1) is 15.6 Å². The largest absolute Gasteiger partial charge is 0.334 e. The number of piperidine rings is 1. The standard InChI is InChI=1S/C13H16Cl2N2O/c14-10-5-3-6-11(15)12(10)13(18)17-7-2-1-4-9(17)8-16/h3,5-6,9H,1-2,4,7-8,16H2. The average Bonchev–Trinajstić information content (AvgIpc) is 2.38. The monoisotopic (exact) mass is 286 g/mol. The number of carbonyl (C=O) groups excluding carboxylic acids is 1. The van der Waals surface area contributed by atoms with Crippen LogP contribution in [0, 0.1) is 0 Å². The van der Waals surface area contributed by atoms with Crippen LogP contribution >= 0.6 is 23.2 Å². The SMILES string of the molecule is NCC1CCCCN1C(=O)c1c(Cl)cccc1Cl. The van der Waals surface area contributed by atoms with Crippen LogP contribution in [0.1, 0.15) is 29.6 Å². The molecule has 98 valence electrons. The Morgan fingerprint density at radius 3 is 2.61 bits per heavy atom. The van der Waals surface area contributed by atoms with Crippen molar-refractivity contribution in [1.29, 1.82) is 0 Å². The maximum Gasteiger partial charge on any atom is 0.257 e. The van der Waals surface area contributed by atoms with E-state index in [9.17, 15) is 4.79 Å². The summed E-state index contributed by atoms with van der Waals surface area (Å²) in [6.07, 6.45) is 3.07. The fourth-order valence-electron chi connectivity index (χ4n) is 2.36. The second kappa shape index (κ2) is 5.91. The molecule has 0 aromatic heterocycles. The summed E-state index contributed by atoms with van der Waals surface area (Å²) in [7, 11) is 0. The molecule has 0 aliphatic carbocycles. The van der Waals surface area contributed by atoms with Crippen LogP contribution in [0.4, 0.5) is 0 Å². The molecule has 1 fully saturated rings. The third kappa shape index (κ3) is 2.63. The van der Waals surface area contributed by atoms with E-state index in [4.69, 9.17) is 28.9 Å². The zero-order valence-corrected chi connectivity index (χ0v) is 11.5. The van der Waals surface area contributed by atoms with Crippen molar-refractivity contribution in [3.8, 4) is 0 Å². The number of rotatable bonds is 2. The van der Waals surface area contributed by atoms with Gasteiger partial charge < -0.3 is 10.6 Å². The second-order valence-corrected chi connectivity index (χ2v) is 5.29. The molecule has 0 bridgehead atoms. The maximum atomic E-state index is 12.5. The number of halogens is 2. The summed E-state index contributed by atoms with van der Waals surface area (Å²) < 4.78 is 0. The molecule has 1 atom stereocenters. The van der Waals surface area contributed by atoms with Crippen LogP contribution in [0.3, 0.4) is 0 Å². The highest BCUT2D eigenvalue weighted by Gasteiger charge is 2.28. The molecule has 1 amide bonds. The van der Waals surface area contributed by atoms with Crippen LogP contribution in [0.5, 0.6) is 0 Å². The summed E-state index contributed by atoms with van der Waals surface area (Å²) in [6, 6.07) is 5.20. The molecule has 0 radical (unpaired) electrons. The molecule has 1 heterocycles. The molecular formula is C13H16Cl2N2O. The lowest BCUT2D eigenvalue weighted by molar-refractivity contribution is 0.0624. The van der Waals surface area contributed by atoms with Crippen LogP contribution in [-0.2, 0) is 0 Å². The topological polar surface area (TPSA) is 46.3 Å². The minimum Gasteiger partial charge on any atom is -0.334 e. The second-order valence-electron chi connectivity index (χ2n) is 4.48. The average molecular weight is 287 g/mol. The molecule has 1 aromatic rings. The zero-order valence-electron chi connectivity index (χ0n) is 10.0. The first-order valence-electron chi connectivity index (χ1n) is 6.10. The fraction of sp³-hybridized carbons (Fsp3) is 0.462. The molecule has 5 heteroatoms. The van der Waals surface area contributed by atoms with Crippen LogP contribution in [0.25, 0.3) is 0 Å². The number of amides is 1. The van der Waals surface area contributed by atoms with Gasteiger partial charge in [-0.05, 0) is 31.4 Å². The van der Waals surface area contributed by atoms with Crippen molar-refractivity contribution < 1.29 is 4.79 Å². The Hall–Kier alpha value is -0.770. The molecule has 18 heavy (non-hydrogen) atoms. The normalized spacial score (nSPS) is 19.9. The molecule has 1 aliphatic heterocycles. The van der Waals surface area contributed by atoms with Gasteiger partial charge >= 0.3 is 0 Å². The van der Waals surface area contributed by atoms with Gasteiger partial charge in [-0.15, -0.1) is 0 Å². The summed E-state index contributed by atoms with van der Waals surface area (Å²) in [6.45, 7) is 1.20. The summed E-state index contributed by atoms with van der Waals surface area (Å²) in [5, 5.41) is 0.794. The number of hydrogen-bond donors (Lipinski definition) is 1. The highest BCUT2D eigenvalue weighted by Crippen LogP contribution is 2.28. The summed E-state index contributed by atoms with van der Waals surface area (Å²) in [5.41, 5.74) is 6.12. The van der Waals surface area contributed by atoms with E-state index in [0.717, 1.165) is 25.8 Å². The number of likely N-dealkylation sites (tertiary alicyclic amines) is 1. The van der Waals surface area contributed by atoms with Crippen molar-refractivity contribution >= 4 is 29.1 Å². The van der Waals surface area contributed by atoms with Crippen molar-refractivity contribution in [3.05, 3.63) is 33.8 Å². The van der Waals surface area contributed by atoms with E-state index in [2.05, 4.69) is 0 Å². The van der Waals surface area contributed by atoms with Crippen LogP contribution in [0.2, 0.25) is 10.0 Å². The van der Waals surface area contributed by atoms with E-state index >= 15 is 0 Å². The van der Waals surface area contributed by atoms with E-state index in [-0.39, 0.29) is 11.9 Å². The van der Waals surface area contributed by atoms with Gasteiger partial charge in [0, 0.05) is 19.1 Å². The molecule has 1 unspecified atom stereocenters. The van der Waals surface area contributed by atoms with Crippen molar-refractivity contribution in [2.24, 2.45) is 5.73 Å². The van der Waals surface area contributed by atoms with Gasteiger partial charge in [-0.2, -0.15) is 0 Å². The van der Waals surface area contributed by atoms with Gasteiger partial charge in [0.15, 0.2) is 0 Å². The highest BCUT2D eigenvalue weighted by molar-refractivity contribution is 6.39. The lowest BCUT2D eigenvalue weighted by Gasteiger charge is -2.35. The van der Waals surface area contributed by atoms with Crippen molar-refractivity contribution in [3.63, 3.8) is 0 Å². The number of nitrogens with zero attached hydrogens (tertiary/aromatic N) is 1. The molecule has 0 saturated carbocycles. The van der Waals surface area contributed by atoms with Crippen LogP contribution in [-0.4, -0.2) is 29.9 Å². The molecule has 1 saturated heterocycles. The van der Waals surface area contributed by atoms with Crippen molar-refractivity contribution in [2.75, 3.05) is 13.1 Å². The predicted octanol–water partition coefficient (Wildman–Crippen LogP) is 2.95. The van der Waals surface area contributed by atoms with Gasteiger partial charge in [-0.1, -0.05) is 29.3 Å². The Morgan fingerprint density at radius 1 is 1.33 bits per heavy atom. The Bertz CT molecular complexity index is 430. The van der Waals surface area contributed by atoms with Gasteiger partial charge in [0.1, 0.15) is 0 Å². The smallest absolute Gasteiger partial charge is 0.257 e. The van der Waals surface area contributed by atoms with Crippen molar-refractivity contribution in [1.82, 2.24) is 4.90 Å². The van der Waals surface area contributed by atoms with Gasteiger partial charge in [-0.3, -0.25) is 4.79 Å². The Morgan fingerprint density at radius 2 is 2.00 bits per heavy atom. The summed E-state index contributed by atoms with van der Waals surface area (Å²) in [4.78, 5) is 14.3. The fourth-order valence-corrected chi connectivity index (χ4v) is 2.92. The first-order chi connectivity index (χ1) is 8.65. The minimum atomic E-state index is -0.110. The molecule has 2 N–H and O–H groups in total. The van der Waals surface area contributed by atoms with E-state index in [1.807, 2.05) is 0 Å². The molecule has 1 aliphatic rings. The third-order valence-corrected chi connectivity index (χ3v) is 3.97. The van der Waals surface area contributed by atoms with E-state index in [1.54, 1.807) is 23.1 Å². The highest BCUT2D eigenvalue weighted by atomic mass is 35.5. The molecule has 2 rings (SSSR count). The van der Waals surface area contributed by atoms with Crippen LogP contribution < -0.4 is 5.73 Å². The molecule has 1 aromatic carbocycles. The van der Waals surface area contributed by atoms with E-state index < -0.39 is 0 Å². The predicted molar refractivity (Wildman–Crippen MR) is 74.2 cm³/mol. The first-order valence-corrected chi connectivity index (χ1v) is 6.85. The zero-order chi connectivity index (χ0) is 13.1. The Kier molecular flexibility index (Phi) is 4.49. The van der Waals surface area contributed by atoms with Gasteiger partial charge in [-0.25, -0.2) is 0 Å². The Balaban J connectivity index is 2.30. The van der Waals surface area contributed by atoms with Gasteiger partial charge in [0.2, 0.25) is 0 Å². The van der Waals surface area contributed by atoms with E-state index in [1.165, 1.54) is 0 Å². The number of carbonyl (C=O) groups is 1. The maximum absolute atomic E-state index is 12.5.